The fraction of sp³-hybridized carbons (Fsp3) is 0.316. The molecule has 2 amide bonds. The number of ether oxygens (including phenoxy) is 1. The SMILES string of the molecule is COc1ccc(C)cc1/C=C/C(=O)NCC(=O)Nc1c(C)nn(C)c1C. The van der Waals surface area contributed by atoms with Crippen LogP contribution in [0.15, 0.2) is 24.3 Å². The smallest absolute Gasteiger partial charge is 0.244 e. The van der Waals surface area contributed by atoms with Crippen LogP contribution >= 0.6 is 0 Å². The van der Waals surface area contributed by atoms with Crippen LogP contribution in [0.4, 0.5) is 5.69 Å². The van der Waals surface area contributed by atoms with Gasteiger partial charge in [0.1, 0.15) is 5.75 Å². The van der Waals surface area contributed by atoms with Crippen molar-refractivity contribution < 1.29 is 14.3 Å². The number of nitrogens with zero attached hydrogens (tertiary/aromatic N) is 2. The lowest BCUT2D eigenvalue weighted by Crippen LogP contribution is -2.32. The van der Waals surface area contributed by atoms with E-state index >= 15 is 0 Å². The van der Waals surface area contributed by atoms with Gasteiger partial charge >= 0.3 is 0 Å². The van der Waals surface area contributed by atoms with E-state index in [1.807, 2.05) is 46.0 Å². The molecule has 1 heterocycles. The van der Waals surface area contributed by atoms with Crippen LogP contribution in [0.25, 0.3) is 6.08 Å². The molecular weight excluding hydrogens is 332 g/mol. The summed E-state index contributed by atoms with van der Waals surface area (Å²) in [5, 5.41) is 9.57. The maximum atomic E-state index is 12.0. The molecule has 0 aliphatic rings. The van der Waals surface area contributed by atoms with Gasteiger partial charge in [-0.05, 0) is 39.0 Å². The van der Waals surface area contributed by atoms with Crippen molar-refractivity contribution >= 4 is 23.6 Å². The molecule has 0 unspecified atom stereocenters. The van der Waals surface area contributed by atoms with Gasteiger partial charge in [-0.25, -0.2) is 0 Å². The van der Waals surface area contributed by atoms with Gasteiger partial charge in [-0.2, -0.15) is 5.10 Å². The van der Waals surface area contributed by atoms with Crippen molar-refractivity contribution in [2.45, 2.75) is 20.8 Å². The first kappa shape index (κ1) is 19.2. The zero-order valence-electron chi connectivity index (χ0n) is 15.7. The highest BCUT2D eigenvalue weighted by atomic mass is 16.5. The largest absolute Gasteiger partial charge is 0.496 e. The molecule has 1 aromatic carbocycles. The van der Waals surface area contributed by atoms with Gasteiger partial charge in [-0.3, -0.25) is 14.3 Å². The molecule has 0 aliphatic heterocycles. The molecule has 2 aromatic rings. The van der Waals surface area contributed by atoms with E-state index < -0.39 is 0 Å². The topological polar surface area (TPSA) is 85.2 Å². The summed E-state index contributed by atoms with van der Waals surface area (Å²) in [7, 11) is 3.39. The minimum Gasteiger partial charge on any atom is -0.496 e. The molecule has 0 radical (unpaired) electrons. The van der Waals surface area contributed by atoms with E-state index in [1.165, 1.54) is 6.08 Å². The monoisotopic (exact) mass is 356 g/mol. The van der Waals surface area contributed by atoms with Crippen molar-refractivity contribution in [3.05, 3.63) is 46.8 Å². The second kappa shape index (κ2) is 8.33. The summed E-state index contributed by atoms with van der Waals surface area (Å²) in [5.74, 6) is 0.0161. The van der Waals surface area contributed by atoms with Gasteiger partial charge in [0.15, 0.2) is 0 Å². The first-order valence-electron chi connectivity index (χ1n) is 8.22. The Hall–Kier alpha value is -3.09. The van der Waals surface area contributed by atoms with Crippen molar-refractivity contribution in [1.82, 2.24) is 15.1 Å². The van der Waals surface area contributed by atoms with Gasteiger partial charge in [0, 0.05) is 18.7 Å². The summed E-state index contributed by atoms with van der Waals surface area (Å²) < 4.78 is 6.96. The number of carbonyl (C=O) groups excluding carboxylic acids is 2. The number of anilines is 1. The Labute approximate surface area is 153 Å². The van der Waals surface area contributed by atoms with Crippen molar-refractivity contribution in [2.75, 3.05) is 19.0 Å². The number of carbonyl (C=O) groups is 2. The molecular formula is C19H24N4O3. The molecule has 0 saturated carbocycles. The van der Waals surface area contributed by atoms with Gasteiger partial charge in [-0.1, -0.05) is 11.6 Å². The molecule has 2 N–H and O–H groups in total. The number of amides is 2. The van der Waals surface area contributed by atoms with Gasteiger partial charge in [-0.15, -0.1) is 0 Å². The molecule has 0 spiro atoms. The standard InChI is InChI=1S/C19H24N4O3/c1-12-6-8-16(26-5)15(10-12)7-9-17(24)20-11-18(25)21-19-13(2)22-23(4)14(19)3/h6-10H,11H2,1-5H3,(H,20,24)(H,21,25)/b9-7+. The van der Waals surface area contributed by atoms with E-state index in [9.17, 15) is 9.59 Å². The maximum Gasteiger partial charge on any atom is 0.244 e. The molecule has 0 atom stereocenters. The van der Waals surface area contributed by atoms with Crippen molar-refractivity contribution in [3.63, 3.8) is 0 Å². The number of hydrogen-bond acceptors (Lipinski definition) is 4. The van der Waals surface area contributed by atoms with E-state index in [0.29, 0.717) is 11.4 Å². The van der Waals surface area contributed by atoms with Crippen LogP contribution in [0, 0.1) is 20.8 Å². The van der Waals surface area contributed by atoms with E-state index in [1.54, 1.807) is 17.9 Å². The quantitative estimate of drug-likeness (QED) is 0.777. The highest BCUT2D eigenvalue weighted by Gasteiger charge is 2.12. The van der Waals surface area contributed by atoms with Crippen LogP contribution in [-0.2, 0) is 16.6 Å². The molecule has 7 heteroatoms. The van der Waals surface area contributed by atoms with Gasteiger partial charge in [0.2, 0.25) is 11.8 Å². The average Bonchev–Trinajstić information content (AvgIpc) is 2.84. The van der Waals surface area contributed by atoms with Crippen LogP contribution < -0.4 is 15.4 Å². The summed E-state index contributed by atoms with van der Waals surface area (Å²) in [6, 6.07) is 5.70. The van der Waals surface area contributed by atoms with Crippen LogP contribution in [0.1, 0.15) is 22.5 Å². The summed E-state index contributed by atoms with van der Waals surface area (Å²) in [6.07, 6.45) is 3.04. The lowest BCUT2D eigenvalue weighted by molar-refractivity contribution is -0.121. The van der Waals surface area contributed by atoms with Crippen molar-refractivity contribution in [1.29, 1.82) is 0 Å². The number of methoxy groups -OCH3 is 1. The Bertz CT molecular complexity index is 853. The number of aryl methyl sites for hydroxylation is 3. The molecule has 1 aromatic heterocycles. The van der Waals surface area contributed by atoms with Crippen LogP contribution in [-0.4, -0.2) is 35.2 Å². The van der Waals surface area contributed by atoms with Gasteiger partial charge in [0.25, 0.3) is 0 Å². The summed E-state index contributed by atoms with van der Waals surface area (Å²) in [4.78, 5) is 24.0. The maximum absolute atomic E-state index is 12.0. The second-order valence-electron chi connectivity index (χ2n) is 6.01. The van der Waals surface area contributed by atoms with Crippen LogP contribution in [0.5, 0.6) is 5.75 Å². The predicted octanol–water partition coefficient (Wildman–Crippen LogP) is 2.12. The molecule has 7 nitrogen and oxygen atoms in total. The van der Waals surface area contributed by atoms with Gasteiger partial charge < -0.3 is 15.4 Å². The zero-order valence-corrected chi connectivity index (χ0v) is 15.7. The normalized spacial score (nSPS) is 10.8. The third-order valence-electron chi connectivity index (χ3n) is 4.00. The first-order chi connectivity index (χ1) is 12.3. The molecule has 26 heavy (non-hydrogen) atoms. The van der Waals surface area contributed by atoms with E-state index in [0.717, 1.165) is 22.5 Å². The first-order valence-corrected chi connectivity index (χ1v) is 8.22. The lowest BCUT2D eigenvalue weighted by Gasteiger charge is -2.07. The predicted molar refractivity (Wildman–Crippen MR) is 101 cm³/mol. The van der Waals surface area contributed by atoms with Crippen LogP contribution in [0.2, 0.25) is 0 Å². The van der Waals surface area contributed by atoms with E-state index in [4.69, 9.17) is 4.74 Å². The minimum absolute atomic E-state index is 0.123. The molecule has 0 fully saturated rings. The fourth-order valence-corrected chi connectivity index (χ4v) is 2.51. The van der Waals surface area contributed by atoms with E-state index in [2.05, 4.69) is 15.7 Å². The Kier molecular flexibility index (Phi) is 6.16. The molecule has 0 bridgehead atoms. The summed E-state index contributed by atoms with van der Waals surface area (Å²) in [5.41, 5.74) is 4.12. The van der Waals surface area contributed by atoms with Crippen LogP contribution in [0.3, 0.4) is 0 Å². The lowest BCUT2D eigenvalue weighted by atomic mass is 10.1. The Balaban J connectivity index is 1.92. The number of rotatable bonds is 6. The summed E-state index contributed by atoms with van der Waals surface area (Å²) in [6.45, 7) is 5.52. The third kappa shape index (κ3) is 4.72. The second-order valence-corrected chi connectivity index (χ2v) is 6.01. The van der Waals surface area contributed by atoms with Crippen molar-refractivity contribution in [2.24, 2.45) is 7.05 Å². The number of benzene rings is 1. The Morgan fingerprint density at radius 1 is 1.27 bits per heavy atom. The average molecular weight is 356 g/mol. The number of nitrogens with one attached hydrogen (secondary N) is 2. The summed E-state index contributed by atoms with van der Waals surface area (Å²) >= 11 is 0. The molecule has 0 saturated heterocycles. The highest BCUT2D eigenvalue weighted by Crippen LogP contribution is 2.21. The Morgan fingerprint density at radius 2 is 2.00 bits per heavy atom. The molecule has 0 aliphatic carbocycles. The van der Waals surface area contributed by atoms with Gasteiger partial charge in [0.05, 0.1) is 30.7 Å². The minimum atomic E-state index is -0.358. The third-order valence-corrected chi connectivity index (χ3v) is 4.00. The zero-order chi connectivity index (χ0) is 19.3. The Morgan fingerprint density at radius 3 is 2.62 bits per heavy atom. The molecule has 138 valence electrons. The highest BCUT2D eigenvalue weighted by molar-refractivity contribution is 5.98. The number of aromatic nitrogens is 2. The van der Waals surface area contributed by atoms with Crippen molar-refractivity contribution in [3.8, 4) is 5.75 Å². The number of hydrogen-bond donors (Lipinski definition) is 2. The van der Waals surface area contributed by atoms with E-state index in [-0.39, 0.29) is 18.4 Å². The molecule has 2 rings (SSSR count). The fourth-order valence-electron chi connectivity index (χ4n) is 2.51.